The van der Waals surface area contributed by atoms with Crippen LogP contribution in [0.1, 0.15) is 11.4 Å². The van der Waals surface area contributed by atoms with Crippen LogP contribution in [-0.4, -0.2) is 35.6 Å². The lowest BCUT2D eigenvalue weighted by molar-refractivity contribution is -0.131. The number of nitrogens with one attached hydrogen (secondary N) is 1. The molecule has 0 bridgehead atoms. The quantitative estimate of drug-likeness (QED) is 0.747. The van der Waals surface area contributed by atoms with Crippen molar-refractivity contribution >= 4 is 18.0 Å². The molecular formula is C12H14N2O4. The van der Waals surface area contributed by atoms with E-state index >= 15 is 0 Å². The molecule has 0 fully saturated rings. The van der Waals surface area contributed by atoms with E-state index in [2.05, 4.69) is 10.3 Å². The minimum Gasteiger partial charge on any atom is -0.482 e. The fourth-order valence-corrected chi connectivity index (χ4v) is 1.17. The average Bonchev–Trinajstić information content (AvgIpc) is 2.34. The molecule has 1 amide bonds. The van der Waals surface area contributed by atoms with Crippen LogP contribution in [0, 0.1) is 6.92 Å². The standard InChI is InChI=1S/C12H14N2O4/c1-8-3-5-10(18-7-11(15)13-2)9(14-8)4-6-12(16)17/h3-6H,7H2,1-2H3,(H,13,15)(H,16,17). The van der Waals surface area contributed by atoms with E-state index in [0.717, 1.165) is 11.8 Å². The fourth-order valence-electron chi connectivity index (χ4n) is 1.17. The summed E-state index contributed by atoms with van der Waals surface area (Å²) in [6.07, 6.45) is 2.29. The van der Waals surface area contributed by atoms with Crippen molar-refractivity contribution in [2.45, 2.75) is 6.92 Å². The fraction of sp³-hybridized carbons (Fsp3) is 0.250. The minimum atomic E-state index is -1.07. The molecule has 0 atom stereocenters. The maximum Gasteiger partial charge on any atom is 0.328 e. The van der Waals surface area contributed by atoms with Crippen LogP contribution in [0.5, 0.6) is 5.75 Å². The molecule has 18 heavy (non-hydrogen) atoms. The number of aryl methyl sites for hydroxylation is 1. The van der Waals surface area contributed by atoms with E-state index in [0.29, 0.717) is 11.4 Å². The summed E-state index contributed by atoms with van der Waals surface area (Å²) in [6.45, 7) is 1.63. The van der Waals surface area contributed by atoms with Gasteiger partial charge in [-0.2, -0.15) is 0 Å². The third-order valence-corrected chi connectivity index (χ3v) is 2.05. The average molecular weight is 250 g/mol. The molecule has 0 spiro atoms. The van der Waals surface area contributed by atoms with Crippen LogP contribution in [0.25, 0.3) is 6.08 Å². The summed E-state index contributed by atoms with van der Waals surface area (Å²) >= 11 is 0. The molecule has 6 nitrogen and oxygen atoms in total. The number of pyridine rings is 1. The monoisotopic (exact) mass is 250 g/mol. The second-order valence-electron chi connectivity index (χ2n) is 3.47. The predicted octanol–water partition coefficient (Wildman–Crippen LogP) is 0.613. The number of hydrogen-bond acceptors (Lipinski definition) is 4. The van der Waals surface area contributed by atoms with Crippen molar-refractivity contribution in [3.05, 3.63) is 29.6 Å². The molecular weight excluding hydrogens is 236 g/mol. The van der Waals surface area contributed by atoms with Crippen molar-refractivity contribution in [3.63, 3.8) is 0 Å². The molecule has 0 saturated carbocycles. The van der Waals surface area contributed by atoms with E-state index in [1.165, 1.54) is 13.1 Å². The first kappa shape index (κ1) is 13.7. The third-order valence-electron chi connectivity index (χ3n) is 2.05. The van der Waals surface area contributed by atoms with Gasteiger partial charge in [0.25, 0.3) is 5.91 Å². The van der Waals surface area contributed by atoms with E-state index in [-0.39, 0.29) is 12.5 Å². The van der Waals surface area contributed by atoms with Gasteiger partial charge in [-0.05, 0) is 25.1 Å². The van der Waals surface area contributed by atoms with E-state index in [1.54, 1.807) is 19.1 Å². The van der Waals surface area contributed by atoms with Gasteiger partial charge in [-0.25, -0.2) is 9.78 Å². The lowest BCUT2D eigenvalue weighted by Crippen LogP contribution is -2.25. The van der Waals surface area contributed by atoms with Crippen LogP contribution < -0.4 is 10.1 Å². The molecule has 1 rings (SSSR count). The Morgan fingerprint density at radius 2 is 2.22 bits per heavy atom. The summed E-state index contributed by atoms with van der Waals surface area (Å²) in [5, 5.41) is 11.0. The topological polar surface area (TPSA) is 88.5 Å². The van der Waals surface area contributed by atoms with Crippen LogP contribution in [0.3, 0.4) is 0 Å². The van der Waals surface area contributed by atoms with Gasteiger partial charge >= 0.3 is 5.97 Å². The number of hydrogen-bond donors (Lipinski definition) is 2. The molecule has 0 aliphatic heterocycles. The first-order valence-electron chi connectivity index (χ1n) is 5.25. The zero-order valence-corrected chi connectivity index (χ0v) is 10.1. The summed E-state index contributed by atoms with van der Waals surface area (Å²) in [4.78, 5) is 25.7. The van der Waals surface area contributed by atoms with Crippen LogP contribution >= 0.6 is 0 Å². The summed E-state index contributed by atoms with van der Waals surface area (Å²) in [7, 11) is 1.50. The number of nitrogens with zero attached hydrogens (tertiary/aromatic N) is 1. The lowest BCUT2D eigenvalue weighted by Gasteiger charge is -2.08. The first-order chi connectivity index (χ1) is 8.52. The normalized spacial score (nSPS) is 10.3. The maximum atomic E-state index is 11.1. The number of carbonyl (C=O) groups excluding carboxylic acids is 1. The van der Waals surface area contributed by atoms with Crippen molar-refractivity contribution in [1.29, 1.82) is 0 Å². The van der Waals surface area contributed by atoms with E-state index in [4.69, 9.17) is 9.84 Å². The van der Waals surface area contributed by atoms with Gasteiger partial charge in [-0.3, -0.25) is 4.79 Å². The molecule has 0 radical (unpaired) electrons. The van der Waals surface area contributed by atoms with E-state index in [9.17, 15) is 9.59 Å². The van der Waals surface area contributed by atoms with Gasteiger partial charge < -0.3 is 15.2 Å². The maximum absolute atomic E-state index is 11.1. The molecule has 2 N–H and O–H groups in total. The molecule has 1 aromatic heterocycles. The number of carboxylic acid groups (broad SMARTS) is 1. The van der Waals surface area contributed by atoms with E-state index < -0.39 is 5.97 Å². The van der Waals surface area contributed by atoms with Gasteiger partial charge in [0.2, 0.25) is 0 Å². The molecule has 0 saturated heterocycles. The van der Waals surface area contributed by atoms with Gasteiger partial charge in [0.1, 0.15) is 11.4 Å². The van der Waals surface area contributed by atoms with Gasteiger partial charge in [0, 0.05) is 18.8 Å². The van der Waals surface area contributed by atoms with Crippen molar-refractivity contribution in [2.75, 3.05) is 13.7 Å². The van der Waals surface area contributed by atoms with Crippen molar-refractivity contribution in [1.82, 2.24) is 10.3 Å². The Morgan fingerprint density at radius 3 is 2.83 bits per heavy atom. The number of rotatable bonds is 5. The summed E-state index contributed by atoms with van der Waals surface area (Å²) in [5.74, 6) is -0.985. The number of aliphatic carboxylic acids is 1. The highest BCUT2D eigenvalue weighted by molar-refractivity contribution is 5.85. The molecule has 6 heteroatoms. The molecule has 1 heterocycles. The largest absolute Gasteiger partial charge is 0.482 e. The van der Waals surface area contributed by atoms with Crippen LogP contribution in [0.4, 0.5) is 0 Å². The number of carbonyl (C=O) groups is 2. The second kappa shape index (κ2) is 6.39. The molecule has 0 aliphatic rings. The summed E-state index contributed by atoms with van der Waals surface area (Å²) in [6, 6.07) is 3.37. The zero-order chi connectivity index (χ0) is 13.5. The zero-order valence-electron chi connectivity index (χ0n) is 10.1. The SMILES string of the molecule is CNC(=O)COc1ccc(C)nc1C=CC(=O)O. The Balaban J connectivity index is 2.89. The molecule has 0 aromatic carbocycles. The van der Waals surface area contributed by atoms with Gasteiger partial charge in [-0.15, -0.1) is 0 Å². The highest BCUT2D eigenvalue weighted by Gasteiger charge is 2.06. The van der Waals surface area contributed by atoms with Crippen molar-refractivity contribution < 1.29 is 19.4 Å². The molecule has 96 valence electrons. The first-order valence-corrected chi connectivity index (χ1v) is 5.25. The summed E-state index contributed by atoms with van der Waals surface area (Å²) in [5.41, 5.74) is 1.11. The number of amides is 1. The molecule has 0 aliphatic carbocycles. The summed E-state index contributed by atoms with van der Waals surface area (Å²) < 4.78 is 5.26. The molecule has 1 aromatic rings. The number of likely N-dealkylation sites (N-methyl/N-ethyl adjacent to an activating group) is 1. The van der Waals surface area contributed by atoms with Gasteiger partial charge in [0.15, 0.2) is 6.61 Å². The van der Waals surface area contributed by atoms with Gasteiger partial charge in [-0.1, -0.05) is 0 Å². The highest BCUT2D eigenvalue weighted by atomic mass is 16.5. The highest BCUT2D eigenvalue weighted by Crippen LogP contribution is 2.18. The Kier molecular flexibility index (Phi) is 4.86. The third kappa shape index (κ3) is 4.25. The van der Waals surface area contributed by atoms with Crippen molar-refractivity contribution in [3.8, 4) is 5.75 Å². The predicted molar refractivity (Wildman–Crippen MR) is 65.2 cm³/mol. The Bertz CT molecular complexity index is 483. The van der Waals surface area contributed by atoms with E-state index in [1.807, 2.05) is 0 Å². The Labute approximate surface area is 104 Å². The number of ether oxygens (including phenoxy) is 1. The van der Waals surface area contributed by atoms with Crippen LogP contribution in [0.2, 0.25) is 0 Å². The Hall–Kier alpha value is -2.37. The lowest BCUT2D eigenvalue weighted by atomic mass is 10.2. The smallest absolute Gasteiger partial charge is 0.328 e. The van der Waals surface area contributed by atoms with Crippen LogP contribution in [-0.2, 0) is 9.59 Å². The van der Waals surface area contributed by atoms with Gasteiger partial charge in [0.05, 0.1) is 0 Å². The van der Waals surface area contributed by atoms with Crippen molar-refractivity contribution in [2.24, 2.45) is 0 Å². The number of carboxylic acids is 1. The number of aromatic nitrogens is 1. The van der Waals surface area contributed by atoms with Crippen LogP contribution in [0.15, 0.2) is 18.2 Å². The second-order valence-corrected chi connectivity index (χ2v) is 3.47. The Morgan fingerprint density at radius 1 is 1.50 bits per heavy atom. The molecule has 0 unspecified atom stereocenters. The minimum absolute atomic E-state index is 0.144.